The maximum absolute atomic E-state index is 13.9. The molecule has 11 heteroatoms. The molecule has 0 aliphatic rings. The third-order valence-electron chi connectivity index (χ3n) is 6.21. The summed E-state index contributed by atoms with van der Waals surface area (Å²) in [5.41, 5.74) is 1.81. The minimum absolute atomic E-state index is 0.00221. The highest BCUT2D eigenvalue weighted by molar-refractivity contribution is 7.91. The minimum Gasteiger partial charge on any atom is -0.348 e. The first kappa shape index (κ1) is 26.9. The van der Waals surface area contributed by atoms with Gasteiger partial charge in [0.05, 0.1) is 39.4 Å². The Hall–Kier alpha value is -4.17. The van der Waals surface area contributed by atoms with E-state index < -0.39 is 33.8 Å². The first-order chi connectivity index (χ1) is 17.9. The maximum atomic E-state index is 13.9. The Morgan fingerprint density at radius 2 is 1.82 bits per heavy atom. The Bertz CT molecular complexity index is 1650. The third-order valence-corrected chi connectivity index (χ3v) is 7.96. The smallest absolute Gasteiger partial charge is 0.348 e. The van der Waals surface area contributed by atoms with Crippen molar-refractivity contribution in [2.45, 2.75) is 37.5 Å². The van der Waals surface area contributed by atoms with Crippen LogP contribution >= 0.6 is 0 Å². The Morgan fingerprint density at radius 1 is 1.11 bits per heavy atom. The van der Waals surface area contributed by atoms with Crippen molar-refractivity contribution in [3.05, 3.63) is 94.8 Å². The molecule has 38 heavy (non-hydrogen) atoms. The van der Waals surface area contributed by atoms with Crippen molar-refractivity contribution in [2.75, 3.05) is 5.75 Å². The molecule has 0 unspecified atom stereocenters. The Labute approximate surface area is 217 Å². The zero-order valence-electron chi connectivity index (χ0n) is 20.5. The number of halogens is 3. The van der Waals surface area contributed by atoms with Gasteiger partial charge in [0.15, 0.2) is 9.84 Å². The van der Waals surface area contributed by atoms with Gasteiger partial charge in [0.1, 0.15) is 0 Å². The average Bonchev–Trinajstić information content (AvgIpc) is 3.31. The molecule has 0 saturated carbocycles. The van der Waals surface area contributed by atoms with Gasteiger partial charge in [0.25, 0.3) is 5.91 Å². The second-order valence-electron chi connectivity index (χ2n) is 8.65. The molecule has 7 nitrogen and oxygen atoms in total. The van der Waals surface area contributed by atoms with E-state index in [1.165, 1.54) is 36.4 Å². The van der Waals surface area contributed by atoms with Gasteiger partial charge in [-0.25, -0.2) is 13.4 Å². The van der Waals surface area contributed by atoms with Gasteiger partial charge in [0.2, 0.25) is 5.82 Å². The third kappa shape index (κ3) is 5.40. The number of hydrogen-bond acceptors (Lipinski definition) is 5. The van der Waals surface area contributed by atoms with E-state index in [1.807, 2.05) is 6.07 Å². The lowest BCUT2D eigenvalue weighted by Gasteiger charge is -2.19. The van der Waals surface area contributed by atoms with Crippen LogP contribution in [0.5, 0.6) is 0 Å². The van der Waals surface area contributed by atoms with E-state index in [1.54, 1.807) is 44.2 Å². The van der Waals surface area contributed by atoms with Gasteiger partial charge in [0, 0.05) is 12.1 Å². The van der Waals surface area contributed by atoms with Crippen LogP contribution in [0.25, 0.3) is 11.0 Å². The summed E-state index contributed by atoms with van der Waals surface area (Å²) in [6, 6.07) is 17.8. The zero-order valence-corrected chi connectivity index (χ0v) is 21.3. The molecule has 1 amide bonds. The van der Waals surface area contributed by atoms with Crippen molar-refractivity contribution in [1.82, 2.24) is 14.9 Å². The number of alkyl halides is 3. The molecule has 0 saturated heterocycles. The van der Waals surface area contributed by atoms with Crippen molar-refractivity contribution in [1.29, 1.82) is 5.26 Å². The number of nitrogens with zero attached hydrogens (tertiary/aromatic N) is 3. The van der Waals surface area contributed by atoms with Gasteiger partial charge in [-0.15, -0.1) is 0 Å². The number of sulfone groups is 1. The monoisotopic (exact) mass is 540 g/mol. The zero-order chi connectivity index (χ0) is 27.7. The lowest BCUT2D eigenvalue weighted by Crippen LogP contribution is -2.22. The van der Waals surface area contributed by atoms with Crippen LogP contribution in [0.2, 0.25) is 0 Å². The van der Waals surface area contributed by atoms with Gasteiger partial charge < -0.3 is 9.88 Å². The van der Waals surface area contributed by atoms with Gasteiger partial charge >= 0.3 is 6.18 Å². The first-order valence-electron chi connectivity index (χ1n) is 11.6. The lowest BCUT2D eigenvalue weighted by atomic mass is 10.0. The molecule has 0 spiro atoms. The predicted octanol–water partition coefficient (Wildman–Crippen LogP) is 5.26. The summed E-state index contributed by atoms with van der Waals surface area (Å²) in [5.74, 6) is -1.65. The second-order valence-corrected chi connectivity index (χ2v) is 10.9. The normalized spacial score (nSPS) is 12.7. The van der Waals surface area contributed by atoms with E-state index in [9.17, 15) is 31.6 Å². The highest BCUT2D eigenvalue weighted by Gasteiger charge is 2.39. The van der Waals surface area contributed by atoms with E-state index in [4.69, 9.17) is 0 Å². The number of carbonyl (C=O) groups excluding carboxylic acids is 1. The van der Waals surface area contributed by atoms with Crippen LogP contribution in [0.1, 0.15) is 52.8 Å². The molecule has 0 aliphatic carbocycles. The molecule has 1 aromatic heterocycles. The van der Waals surface area contributed by atoms with Crippen molar-refractivity contribution in [2.24, 2.45) is 0 Å². The number of imidazole rings is 1. The largest absolute Gasteiger partial charge is 0.449 e. The van der Waals surface area contributed by atoms with E-state index in [0.717, 1.165) is 4.57 Å². The molecule has 3 aromatic carbocycles. The highest BCUT2D eigenvalue weighted by Crippen LogP contribution is 2.36. The van der Waals surface area contributed by atoms with Gasteiger partial charge in [-0.3, -0.25) is 4.79 Å². The van der Waals surface area contributed by atoms with E-state index in [-0.39, 0.29) is 33.8 Å². The molecule has 1 N–H and O–H groups in total. The molecule has 0 aliphatic heterocycles. The van der Waals surface area contributed by atoms with Crippen LogP contribution < -0.4 is 5.32 Å². The van der Waals surface area contributed by atoms with Crippen LogP contribution in [-0.4, -0.2) is 29.6 Å². The SMILES string of the molecule is CCS(=O)(=O)c1ccc(CNC(=O)c2ccc3c(c2)nc(C(F)(F)F)n3[C@H](C)c2cccc(C#N)c2)cc1. The summed E-state index contributed by atoms with van der Waals surface area (Å²) in [6.07, 6.45) is -4.75. The Kier molecular flexibility index (Phi) is 7.29. The van der Waals surface area contributed by atoms with E-state index in [0.29, 0.717) is 16.7 Å². The summed E-state index contributed by atoms with van der Waals surface area (Å²) in [7, 11) is -3.34. The molecule has 4 aromatic rings. The van der Waals surface area contributed by atoms with Gasteiger partial charge in [-0.1, -0.05) is 31.2 Å². The molecule has 196 valence electrons. The summed E-state index contributed by atoms with van der Waals surface area (Å²) in [6.45, 7) is 3.23. The fourth-order valence-corrected chi connectivity index (χ4v) is 5.00. The fourth-order valence-electron chi connectivity index (χ4n) is 4.11. The van der Waals surface area contributed by atoms with Crippen molar-refractivity contribution in [3.8, 4) is 6.07 Å². The Balaban J connectivity index is 1.61. The lowest BCUT2D eigenvalue weighted by molar-refractivity contribution is -0.147. The first-order valence-corrected chi connectivity index (χ1v) is 13.3. The molecule has 4 rings (SSSR count). The molecular formula is C27H23F3N4O3S. The number of benzene rings is 3. The summed E-state index contributed by atoms with van der Waals surface area (Å²) >= 11 is 0. The van der Waals surface area contributed by atoms with Crippen LogP contribution in [-0.2, 0) is 22.6 Å². The van der Waals surface area contributed by atoms with E-state index in [2.05, 4.69) is 10.3 Å². The molecule has 1 heterocycles. The topological polar surface area (TPSA) is 105 Å². The quantitative estimate of drug-likeness (QED) is 0.344. The molecule has 0 fully saturated rings. The minimum atomic E-state index is -4.75. The second kappa shape index (κ2) is 10.3. The Morgan fingerprint density at radius 3 is 2.45 bits per heavy atom. The number of carbonyl (C=O) groups is 1. The standard InChI is InChI=1S/C27H23F3N4O3S/c1-3-38(36,37)22-10-7-18(8-11-22)16-32-25(35)21-9-12-24-23(14-21)33-26(27(28,29)30)34(24)17(2)20-6-4-5-19(13-20)15-31/h4-14,17H,3,16H2,1-2H3,(H,32,35)/t17-/m1/s1. The highest BCUT2D eigenvalue weighted by atomic mass is 32.2. The molecular weight excluding hydrogens is 517 g/mol. The van der Waals surface area contributed by atoms with Crippen LogP contribution in [0.4, 0.5) is 13.2 Å². The van der Waals surface area contributed by atoms with Crippen molar-refractivity contribution in [3.63, 3.8) is 0 Å². The maximum Gasteiger partial charge on any atom is 0.449 e. The molecule has 0 bridgehead atoms. The predicted molar refractivity (Wildman–Crippen MR) is 135 cm³/mol. The summed E-state index contributed by atoms with van der Waals surface area (Å²) in [5, 5.41) is 11.9. The van der Waals surface area contributed by atoms with Gasteiger partial charge in [-0.2, -0.15) is 18.4 Å². The van der Waals surface area contributed by atoms with Crippen LogP contribution in [0, 0.1) is 11.3 Å². The van der Waals surface area contributed by atoms with Crippen LogP contribution in [0.15, 0.2) is 71.6 Å². The number of nitriles is 1. The number of amides is 1. The summed E-state index contributed by atoms with van der Waals surface area (Å²) < 4.78 is 66.8. The van der Waals surface area contributed by atoms with Crippen molar-refractivity contribution < 1.29 is 26.4 Å². The average molecular weight is 541 g/mol. The number of hydrogen-bond donors (Lipinski definition) is 1. The number of nitrogens with one attached hydrogen (secondary N) is 1. The molecule has 0 radical (unpaired) electrons. The number of fused-ring (bicyclic) bond motifs is 1. The summed E-state index contributed by atoms with van der Waals surface area (Å²) in [4.78, 5) is 16.8. The van der Waals surface area contributed by atoms with Crippen molar-refractivity contribution >= 4 is 26.8 Å². The number of aromatic nitrogens is 2. The molecule has 1 atom stereocenters. The van der Waals surface area contributed by atoms with Crippen LogP contribution in [0.3, 0.4) is 0 Å². The van der Waals surface area contributed by atoms with E-state index >= 15 is 0 Å². The van der Waals surface area contributed by atoms with Gasteiger partial charge in [-0.05, 0) is 60.5 Å². The number of rotatable bonds is 7. The fraction of sp³-hybridized carbons (Fsp3) is 0.222.